The molecule has 3 aromatic carbocycles. The lowest BCUT2D eigenvalue weighted by molar-refractivity contribution is -0.118. The molecule has 0 aromatic heterocycles. The highest BCUT2D eigenvalue weighted by Crippen LogP contribution is 2.22. The molecule has 116 valence electrons. The molecule has 0 aliphatic carbocycles. The van der Waals surface area contributed by atoms with Gasteiger partial charge in [-0.15, -0.1) is 0 Å². The molecule has 3 nitrogen and oxygen atoms in total. The van der Waals surface area contributed by atoms with Gasteiger partial charge in [-0.2, -0.15) is 0 Å². The van der Waals surface area contributed by atoms with Crippen LogP contribution in [-0.2, 0) is 4.79 Å². The Bertz CT molecular complexity index is 861. The van der Waals surface area contributed by atoms with Crippen LogP contribution >= 0.6 is 15.9 Å². The number of anilines is 1. The first-order valence-electron chi connectivity index (χ1n) is 7.29. The van der Waals surface area contributed by atoms with Gasteiger partial charge in [-0.05, 0) is 53.6 Å². The molecule has 0 fully saturated rings. The van der Waals surface area contributed by atoms with Crippen LogP contribution in [0, 0.1) is 6.92 Å². The number of carbonyl (C=O) groups is 1. The first-order chi connectivity index (χ1) is 11.1. The fraction of sp³-hybridized carbons (Fsp3) is 0.105. The third-order valence-electron chi connectivity index (χ3n) is 3.53. The number of ether oxygens (including phenoxy) is 1. The first-order valence-corrected chi connectivity index (χ1v) is 8.09. The smallest absolute Gasteiger partial charge is 0.262 e. The highest BCUT2D eigenvalue weighted by molar-refractivity contribution is 9.10. The van der Waals surface area contributed by atoms with Gasteiger partial charge in [0.1, 0.15) is 5.75 Å². The molecule has 0 saturated heterocycles. The fourth-order valence-corrected chi connectivity index (χ4v) is 2.57. The predicted octanol–water partition coefficient (Wildman–Crippen LogP) is 4.93. The van der Waals surface area contributed by atoms with Crippen LogP contribution in [0.3, 0.4) is 0 Å². The Balaban J connectivity index is 1.62. The maximum absolute atomic E-state index is 12.0. The standard InChI is InChI=1S/C19H16BrNO2/c1-13-10-17(8-9-18(13)20)23-12-19(22)21-16-7-6-14-4-2-3-5-15(14)11-16/h2-11H,12H2,1H3,(H,21,22). The Morgan fingerprint density at radius 1 is 1.04 bits per heavy atom. The van der Waals surface area contributed by atoms with Crippen molar-refractivity contribution in [3.63, 3.8) is 0 Å². The van der Waals surface area contributed by atoms with Crippen molar-refractivity contribution in [3.8, 4) is 5.75 Å². The van der Waals surface area contributed by atoms with Crippen molar-refractivity contribution in [1.82, 2.24) is 0 Å². The first kappa shape index (κ1) is 15.6. The molecule has 0 bridgehead atoms. The molecule has 0 aliphatic heterocycles. The van der Waals surface area contributed by atoms with E-state index in [2.05, 4.69) is 21.2 Å². The zero-order valence-electron chi connectivity index (χ0n) is 12.7. The van der Waals surface area contributed by atoms with Gasteiger partial charge in [0.25, 0.3) is 5.91 Å². The Labute approximate surface area is 143 Å². The summed E-state index contributed by atoms with van der Waals surface area (Å²) in [5, 5.41) is 5.09. The summed E-state index contributed by atoms with van der Waals surface area (Å²) in [5.41, 5.74) is 1.83. The van der Waals surface area contributed by atoms with Crippen LogP contribution < -0.4 is 10.1 Å². The second-order valence-electron chi connectivity index (χ2n) is 5.31. The minimum absolute atomic E-state index is 0.0199. The summed E-state index contributed by atoms with van der Waals surface area (Å²) in [6, 6.07) is 19.5. The van der Waals surface area contributed by atoms with Gasteiger partial charge in [-0.25, -0.2) is 0 Å². The van der Waals surface area contributed by atoms with E-state index in [1.807, 2.05) is 67.6 Å². The summed E-state index contributed by atoms with van der Waals surface area (Å²) in [4.78, 5) is 12.0. The van der Waals surface area contributed by atoms with E-state index in [0.717, 1.165) is 26.5 Å². The Hall–Kier alpha value is -2.33. The molecule has 23 heavy (non-hydrogen) atoms. The largest absolute Gasteiger partial charge is 0.484 e. The minimum atomic E-state index is -0.180. The summed E-state index contributed by atoms with van der Waals surface area (Å²) in [6.45, 7) is 1.96. The zero-order chi connectivity index (χ0) is 16.2. The molecule has 0 aliphatic rings. The van der Waals surface area contributed by atoms with Crippen molar-refractivity contribution >= 4 is 38.3 Å². The molecule has 0 saturated carbocycles. The summed E-state index contributed by atoms with van der Waals surface area (Å²) >= 11 is 3.44. The lowest BCUT2D eigenvalue weighted by Gasteiger charge is -2.09. The lowest BCUT2D eigenvalue weighted by Crippen LogP contribution is -2.20. The molecule has 1 N–H and O–H groups in total. The Morgan fingerprint density at radius 3 is 2.61 bits per heavy atom. The molecule has 0 radical (unpaired) electrons. The van der Waals surface area contributed by atoms with Gasteiger partial charge >= 0.3 is 0 Å². The molecule has 3 rings (SSSR count). The number of fused-ring (bicyclic) bond motifs is 1. The van der Waals surface area contributed by atoms with E-state index < -0.39 is 0 Å². The van der Waals surface area contributed by atoms with Crippen molar-refractivity contribution in [2.45, 2.75) is 6.92 Å². The summed E-state index contributed by atoms with van der Waals surface area (Å²) < 4.78 is 6.55. The summed E-state index contributed by atoms with van der Waals surface area (Å²) in [7, 11) is 0. The zero-order valence-corrected chi connectivity index (χ0v) is 14.3. The average molecular weight is 370 g/mol. The van der Waals surface area contributed by atoms with Crippen molar-refractivity contribution in [2.24, 2.45) is 0 Å². The fourth-order valence-electron chi connectivity index (χ4n) is 2.32. The van der Waals surface area contributed by atoms with Gasteiger partial charge in [0.15, 0.2) is 6.61 Å². The third kappa shape index (κ3) is 3.90. The van der Waals surface area contributed by atoms with E-state index in [1.54, 1.807) is 0 Å². The average Bonchev–Trinajstić information content (AvgIpc) is 2.56. The molecular formula is C19H16BrNO2. The molecule has 4 heteroatoms. The lowest BCUT2D eigenvalue weighted by atomic mass is 10.1. The molecule has 0 unspecified atom stereocenters. The van der Waals surface area contributed by atoms with Crippen molar-refractivity contribution in [3.05, 3.63) is 70.7 Å². The number of nitrogens with one attached hydrogen (secondary N) is 1. The maximum atomic E-state index is 12.0. The highest BCUT2D eigenvalue weighted by Gasteiger charge is 2.05. The van der Waals surface area contributed by atoms with E-state index >= 15 is 0 Å². The number of rotatable bonds is 4. The van der Waals surface area contributed by atoms with Crippen LogP contribution in [-0.4, -0.2) is 12.5 Å². The number of hydrogen-bond donors (Lipinski definition) is 1. The predicted molar refractivity (Wildman–Crippen MR) is 97.0 cm³/mol. The van der Waals surface area contributed by atoms with Crippen molar-refractivity contribution in [2.75, 3.05) is 11.9 Å². The van der Waals surface area contributed by atoms with Gasteiger partial charge in [0.2, 0.25) is 0 Å². The van der Waals surface area contributed by atoms with Crippen molar-refractivity contribution in [1.29, 1.82) is 0 Å². The SMILES string of the molecule is Cc1cc(OCC(=O)Nc2ccc3ccccc3c2)ccc1Br. The summed E-state index contributed by atoms with van der Waals surface area (Å²) in [5.74, 6) is 0.500. The van der Waals surface area contributed by atoms with Crippen LogP contribution in [0.25, 0.3) is 10.8 Å². The van der Waals surface area contributed by atoms with Gasteiger partial charge < -0.3 is 10.1 Å². The topological polar surface area (TPSA) is 38.3 Å². The quantitative estimate of drug-likeness (QED) is 0.707. The van der Waals surface area contributed by atoms with Gasteiger partial charge in [0, 0.05) is 10.2 Å². The van der Waals surface area contributed by atoms with E-state index in [0.29, 0.717) is 5.75 Å². The van der Waals surface area contributed by atoms with Crippen LogP contribution in [0.15, 0.2) is 65.1 Å². The maximum Gasteiger partial charge on any atom is 0.262 e. The summed E-state index contributed by atoms with van der Waals surface area (Å²) in [6.07, 6.45) is 0. The van der Waals surface area contributed by atoms with Gasteiger partial charge in [-0.3, -0.25) is 4.79 Å². The minimum Gasteiger partial charge on any atom is -0.484 e. The second-order valence-corrected chi connectivity index (χ2v) is 6.16. The number of halogens is 1. The monoisotopic (exact) mass is 369 g/mol. The van der Waals surface area contributed by atoms with Crippen LogP contribution in [0.5, 0.6) is 5.75 Å². The molecule has 0 heterocycles. The Kier molecular flexibility index (Phi) is 4.63. The van der Waals surface area contributed by atoms with Crippen LogP contribution in [0.4, 0.5) is 5.69 Å². The van der Waals surface area contributed by atoms with Crippen LogP contribution in [0.1, 0.15) is 5.56 Å². The number of benzene rings is 3. The van der Waals surface area contributed by atoms with E-state index in [9.17, 15) is 4.79 Å². The normalized spacial score (nSPS) is 10.5. The second kappa shape index (κ2) is 6.84. The van der Waals surface area contributed by atoms with E-state index in [1.165, 1.54) is 0 Å². The molecule has 0 spiro atoms. The third-order valence-corrected chi connectivity index (χ3v) is 4.42. The Morgan fingerprint density at radius 2 is 1.83 bits per heavy atom. The number of carbonyl (C=O) groups excluding carboxylic acids is 1. The molecular weight excluding hydrogens is 354 g/mol. The molecule has 1 amide bonds. The van der Waals surface area contributed by atoms with E-state index in [4.69, 9.17) is 4.74 Å². The number of amides is 1. The highest BCUT2D eigenvalue weighted by atomic mass is 79.9. The van der Waals surface area contributed by atoms with Gasteiger partial charge in [0.05, 0.1) is 0 Å². The van der Waals surface area contributed by atoms with Crippen LogP contribution in [0.2, 0.25) is 0 Å². The van der Waals surface area contributed by atoms with Crippen molar-refractivity contribution < 1.29 is 9.53 Å². The van der Waals surface area contributed by atoms with E-state index in [-0.39, 0.29) is 12.5 Å². The number of hydrogen-bond acceptors (Lipinski definition) is 2. The number of aryl methyl sites for hydroxylation is 1. The molecule has 0 atom stereocenters. The van der Waals surface area contributed by atoms with Gasteiger partial charge in [-0.1, -0.05) is 46.3 Å². The molecule has 3 aromatic rings.